The van der Waals surface area contributed by atoms with Crippen molar-refractivity contribution in [1.82, 2.24) is 9.29 Å². The van der Waals surface area contributed by atoms with E-state index < -0.39 is 15.9 Å². The molecule has 1 aliphatic rings. The lowest BCUT2D eigenvalue weighted by molar-refractivity contribution is 0.101. The van der Waals surface area contributed by atoms with E-state index in [1.54, 1.807) is 61.8 Å². The Labute approximate surface area is 186 Å². The van der Waals surface area contributed by atoms with Crippen LogP contribution >= 0.6 is 0 Å². The second-order valence-electron chi connectivity index (χ2n) is 7.47. The molecule has 0 unspecified atom stereocenters. The predicted octanol–water partition coefficient (Wildman–Crippen LogP) is 3.29. The number of aryl methyl sites for hydroxylation is 1. The number of nitrogens with one attached hydrogen (secondary N) is 2. The van der Waals surface area contributed by atoms with Gasteiger partial charge in [-0.05, 0) is 61.4 Å². The van der Waals surface area contributed by atoms with Crippen LogP contribution in [0.25, 0.3) is 0 Å². The van der Waals surface area contributed by atoms with Crippen LogP contribution < -0.4 is 10.6 Å². The van der Waals surface area contributed by atoms with E-state index in [4.69, 9.17) is 0 Å². The summed E-state index contributed by atoms with van der Waals surface area (Å²) in [5.41, 5.74) is 2.35. The van der Waals surface area contributed by atoms with Crippen LogP contribution in [0.3, 0.4) is 0 Å². The van der Waals surface area contributed by atoms with E-state index in [1.807, 2.05) is 0 Å². The van der Waals surface area contributed by atoms with Gasteiger partial charge in [0.1, 0.15) is 0 Å². The third-order valence-electron chi connectivity index (χ3n) is 5.21. The minimum absolute atomic E-state index is 0.0882. The molecular weight excluding hydrogens is 428 g/mol. The van der Waals surface area contributed by atoms with Gasteiger partial charge in [-0.3, -0.25) is 14.6 Å². The first-order valence-corrected chi connectivity index (χ1v) is 11.5. The van der Waals surface area contributed by atoms with Crippen LogP contribution in [0.2, 0.25) is 0 Å². The van der Waals surface area contributed by atoms with E-state index in [2.05, 4.69) is 15.6 Å². The third kappa shape index (κ3) is 4.53. The molecule has 4 rings (SSSR count). The van der Waals surface area contributed by atoms with Crippen molar-refractivity contribution in [2.75, 3.05) is 23.7 Å². The molecule has 0 saturated carbocycles. The Morgan fingerprint density at radius 3 is 2.41 bits per heavy atom. The molecule has 9 heteroatoms. The number of hydrogen-bond acceptors (Lipinski definition) is 5. The molecule has 2 aromatic carbocycles. The van der Waals surface area contributed by atoms with Crippen LogP contribution in [0.15, 0.2) is 71.9 Å². The van der Waals surface area contributed by atoms with Crippen molar-refractivity contribution in [3.8, 4) is 0 Å². The van der Waals surface area contributed by atoms with Crippen LogP contribution in [-0.4, -0.2) is 42.6 Å². The second kappa shape index (κ2) is 8.89. The lowest BCUT2D eigenvalue weighted by Crippen LogP contribution is -2.41. The molecule has 8 nitrogen and oxygen atoms in total. The summed E-state index contributed by atoms with van der Waals surface area (Å²) in [6.45, 7) is 2.78. The molecule has 0 atom stereocenters. The number of sulfonamides is 1. The van der Waals surface area contributed by atoms with Gasteiger partial charge in [-0.15, -0.1) is 0 Å². The molecule has 2 heterocycles. The first kappa shape index (κ1) is 21.7. The normalized spacial score (nSPS) is 13.8. The number of anilines is 2. The van der Waals surface area contributed by atoms with Crippen LogP contribution in [-0.2, 0) is 10.0 Å². The highest BCUT2D eigenvalue weighted by Gasteiger charge is 2.29. The Morgan fingerprint density at radius 2 is 1.72 bits per heavy atom. The summed E-state index contributed by atoms with van der Waals surface area (Å²) in [5, 5.41) is 5.51. The molecule has 0 bridgehead atoms. The largest absolute Gasteiger partial charge is 0.322 e. The molecule has 3 aromatic rings. The highest BCUT2D eigenvalue weighted by Crippen LogP contribution is 2.23. The molecule has 2 amide bonds. The molecule has 32 heavy (non-hydrogen) atoms. The molecule has 164 valence electrons. The van der Waals surface area contributed by atoms with Crippen molar-refractivity contribution < 1.29 is 18.0 Å². The minimum atomic E-state index is -3.59. The van der Waals surface area contributed by atoms with Gasteiger partial charge in [0.05, 0.1) is 16.8 Å². The first-order chi connectivity index (χ1) is 15.3. The number of aromatic nitrogens is 1. The highest BCUT2D eigenvalue weighted by atomic mass is 32.2. The fraction of sp³-hybridized carbons (Fsp3) is 0.174. The van der Waals surface area contributed by atoms with Gasteiger partial charge >= 0.3 is 0 Å². The number of rotatable bonds is 6. The van der Waals surface area contributed by atoms with Gasteiger partial charge in [-0.1, -0.05) is 12.1 Å². The highest BCUT2D eigenvalue weighted by molar-refractivity contribution is 7.89. The maximum absolute atomic E-state index is 12.8. The quantitative estimate of drug-likeness (QED) is 0.599. The fourth-order valence-corrected chi connectivity index (χ4v) is 4.82. The number of nitrogens with zero attached hydrogens (tertiary/aromatic N) is 2. The minimum Gasteiger partial charge on any atom is -0.322 e. The maximum atomic E-state index is 12.8. The number of amides is 2. The lowest BCUT2D eigenvalue weighted by atomic mass is 10.1. The van der Waals surface area contributed by atoms with Crippen LogP contribution in [0.4, 0.5) is 11.4 Å². The Balaban J connectivity index is 1.52. The molecular formula is C23H22N4O4S. The third-order valence-corrected chi connectivity index (χ3v) is 7.10. The maximum Gasteiger partial charge on any atom is 0.256 e. The zero-order valence-electron chi connectivity index (χ0n) is 17.4. The van der Waals surface area contributed by atoms with Crippen LogP contribution in [0.1, 0.15) is 32.7 Å². The van der Waals surface area contributed by atoms with Gasteiger partial charge in [-0.2, -0.15) is 4.31 Å². The Morgan fingerprint density at radius 1 is 0.938 bits per heavy atom. The SMILES string of the molecule is Cc1ccc(NC(=O)c2cccc(S(=O)(=O)N3CCC3)c2)cc1C(=O)Nc1cccnc1. The molecule has 1 saturated heterocycles. The van der Waals surface area contributed by atoms with E-state index in [9.17, 15) is 18.0 Å². The van der Waals surface area contributed by atoms with Gasteiger partial charge in [-0.25, -0.2) is 8.42 Å². The number of pyridine rings is 1. The topological polar surface area (TPSA) is 108 Å². The van der Waals surface area contributed by atoms with Crippen molar-refractivity contribution in [3.63, 3.8) is 0 Å². The molecule has 0 radical (unpaired) electrons. The van der Waals surface area contributed by atoms with E-state index in [0.29, 0.717) is 30.0 Å². The zero-order chi connectivity index (χ0) is 22.7. The van der Waals surface area contributed by atoms with Crippen molar-refractivity contribution in [3.05, 3.63) is 83.7 Å². The van der Waals surface area contributed by atoms with Gasteiger partial charge in [0.2, 0.25) is 10.0 Å². The first-order valence-electron chi connectivity index (χ1n) is 10.1. The fourth-order valence-electron chi connectivity index (χ4n) is 3.26. The van der Waals surface area contributed by atoms with E-state index in [-0.39, 0.29) is 16.4 Å². The van der Waals surface area contributed by atoms with Crippen molar-refractivity contribution in [1.29, 1.82) is 0 Å². The lowest BCUT2D eigenvalue weighted by Gasteiger charge is -2.29. The summed E-state index contributed by atoms with van der Waals surface area (Å²) in [6.07, 6.45) is 3.99. The standard InChI is InChI=1S/C23H22N4O4S/c1-16-8-9-18(14-21(16)23(29)26-19-6-3-10-24-15-19)25-22(28)17-5-2-7-20(13-17)32(30,31)27-11-4-12-27/h2-3,5-10,13-15H,4,11-12H2,1H3,(H,25,28)(H,26,29). The molecule has 1 fully saturated rings. The van der Waals surface area contributed by atoms with E-state index in [1.165, 1.54) is 16.4 Å². The van der Waals surface area contributed by atoms with Crippen molar-refractivity contribution >= 4 is 33.2 Å². The summed E-state index contributed by atoms with van der Waals surface area (Å²) in [6, 6.07) is 14.4. The van der Waals surface area contributed by atoms with E-state index >= 15 is 0 Å². The average molecular weight is 451 g/mol. The smallest absolute Gasteiger partial charge is 0.256 e. The Bertz CT molecular complexity index is 1270. The molecule has 1 aliphatic heterocycles. The molecule has 0 aliphatic carbocycles. The van der Waals surface area contributed by atoms with Crippen molar-refractivity contribution in [2.45, 2.75) is 18.2 Å². The summed E-state index contributed by atoms with van der Waals surface area (Å²) in [4.78, 5) is 29.5. The summed E-state index contributed by atoms with van der Waals surface area (Å²) >= 11 is 0. The van der Waals surface area contributed by atoms with E-state index in [0.717, 1.165) is 12.0 Å². The van der Waals surface area contributed by atoms with Gasteiger partial charge in [0.15, 0.2) is 0 Å². The Hall–Kier alpha value is -3.56. The van der Waals surface area contributed by atoms with Crippen LogP contribution in [0.5, 0.6) is 0 Å². The summed E-state index contributed by atoms with van der Waals surface area (Å²) in [7, 11) is -3.59. The van der Waals surface area contributed by atoms with Gasteiger partial charge in [0, 0.05) is 36.1 Å². The molecule has 0 spiro atoms. The zero-order valence-corrected chi connectivity index (χ0v) is 18.2. The number of hydrogen-bond donors (Lipinski definition) is 2. The molecule has 1 aromatic heterocycles. The van der Waals surface area contributed by atoms with Crippen LogP contribution in [0, 0.1) is 6.92 Å². The van der Waals surface area contributed by atoms with Gasteiger partial charge < -0.3 is 10.6 Å². The van der Waals surface area contributed by atoms with Crippen molar-refractivity contribution in [2.24, 2.45) is 0 Å². The summed E-state index contributed by atoms with van der Waals surface area (Å²) < 4.78 is 26.6. The molecule has 2 N–H and O–H groups in total. The number of carbonyl (C=O) groups excluding carboxylic acids is 2. The summed E-state index contributed by atoms with van der Waals surface area (Å²) in [5.74, 6) is -0.789. The number of benzene rings is 2. The predicted molar refractivity (Wildman–Crippen MR) is 121 cm³/mol. The average Bonchev–Trinajstić information content (AvgIpc) is 2.74. The Kier molecular flexibility index (Phi) is 6.02. The second-order valence-corrected chi connectivity index (χ2v) is 9.40. The van der Waals surface area contributed by atoms with Gasteiger partial charge in [0.25, 0.3) is 11.8 Å². The number of carbonyl (C=O) groups is 2. The monoisotopic (exact) mass is 450 g/mol.